The van der Waals surface area contributed by atoms with E-state index >= 15 is 0 Å². The van der Waals surface area contributed by atoms with Crippen LogP contribution < -0.4 is 0 Å². The summed E-state index contributed by atoms with van der Waals surface area (Å²) in [5.41, 5.74) is 0.395. The number of hydrogen-bond acceptors (Lipinski definition) is 5. The van der Waals surface area contributed by atoms with Crippen LogP contribution in [0.5, 0.6) is 0 Å². The molecule has 2 aliphatic rings. The lowest BCUT2D eigenvalue weighted by atomic mass is 9.63. The predicted molar refractivity (Wildman–Crippen MR) is 142 cm³/mol. The Kier molecular flexibility index (Phi) is 12.1. The number of carboxylic acid groups (broad SMARTS) is 2. The fraction of sp³-hybridized carbons (Fsp3) is 0.867. The number of carbonyl (C=O) groups is 4. The van der Waals surface area contributed by atoms with Gasteiger partial charge in [0.25, 0.3) is 0 Å². The van der Waals surface area contributed by atoms with Crippen LogP contribution in [-0.2, 0) is 23.9 Å². The summed E-state index contributed by atoms with van der Waals surface area (Å²) in [6.45, 7) is 8.63. The summed E-state index contributed by atoms with van der Waals surface area (Å²) in [6, 6.07) is 0. The lowest BCUT2D eigenvalue weighted by Gasteiger charge is -2.42. The second-order valence-electron chi connectivity index (χ2n) is 12.0. The van der Waals surface area contributed by atoms with Crippen LogP contribution in [0.25, 0.3) is 0 Å². The minimum atomic E-state index is -1.44. The third kappa shape index (κ3) is 8.03. The van der Waals surface area contributed by atoms with Crippen LogP contribution in [0.4, 0.5) is 0 Å². The van der Waals surface area contributed by atoms with Crippen molar-refractivity contribution in [3.05, 3.63) is 0 Å². The molecule has 0 saturated heterocycles. The Balaban J connectivity index is 2.07. The Hall–Kier alpha value is -1.92. The van der Waals surface area contributed by atoms with Crippen molar-refractivity contribution in [3.63, 3.8) is 0 Å². The second kappa shape index (κ2) is 14.3. The van der Waals surface area contributed by atoms with E-state index in [1.807, 2.05) is 0 Å². The molecule has 0 aliphatic heterocycles. The predicted octanol–water partition coefficient (Wildman–Crippen LogP) is 7.01. The van der Waals surface area contributed by atoms with Gasteiger partial charge in [0.2, 0.25) is 0 Å². The van der Waals surface area contributed by atoms with Crippen molar-refractivity contribution in [3.8, 4) is 0 Å². The Morgan fingerprint density at radius 1 is 0.622 bits per heavy atom. The largest absolute Gasteiger partial charge is 0.481 e. The Bertz CT molecular complexity index is 693. The van der Waals surface area contributed by atoms with Crippen molar-refractivity contribution in [2.24, 2.45) is 34.5 Å². The second-order valence-corrected chi connectivity index (χ2v) is 12.0. The SMILES string of the molecule is CCCC1(CCC)CCC(C(C(=O)O)C(=O)OC(=O)C(C(=O)O)C2CCC(CCC)(CCC)CC2)CC1. The van der Waals surface area contributed by atoms with Crippen LogP contribution in [0.15, 0.2) is 0 Å². The third-order valence-corrected chi connectivity index (χ3v) is 9.49. The maximum absolute atomic E-state index is 13.0. The normalized spacial score (nSPS) is 21.6. The lowest BCUT2D eigenvalue weighted by molar-refractivity contribution is -0.175. The molecule has 0 heterocycles. The number of aliphatic carboxylic acids is 2. The number of ether oxygens (including phenoxy) is 1. The summed E-state index contributed by atoms with van der Waals surface area (Å²) >= 11 is 0. The van der Waals surface area contributed by atoms with Gasteiger partial charge in [0.05, 0.1) is 0 Å². The van der Waals surface area contributed by atoms with E-state index in [9.17, 15) is 29.4 Å². The molecule has 2 unspecified atom stereocenters. The van der Waals surface area contributed by atoms with Crippen molar-refractivity contribution in [1.29, 1.82) is 0 Å². The van der Waals surface area contributed by atoms with Gasteiger partial charge in [-0.3, -0.25) is 19.2 Å². The molecule has 2 aliphatic carbocycles. The van der Waals surface area contributed by atoms with E-state index in [1.54, 1.807) is 0 Å². The summed E-state index contributed by atoms with van der Waals surface area (Å²) in [4.78, 5) is 50.2. The van der Waals surface area contributed by atoms with Crippen LogP contribution in [0.1, 0.15) is 130 Å². The van der Waals surface area contributed by atoms with Crippen LogP contribution >= 0.6 is 0 Å². The van der Waals surface area contributed by atoms with Gasteiger partial charge in [-0.05, 0) is 99.7 Å². The first-order chi connectivity index (χ1) is 17.6. The molecule has 37 heavy (non-hydrogen) atoms. The van der Waals surface area contributed by atoms with Crippen LogP contribution in [-0.4, -0.2) is 34.1 Å². The molecule has 2 saturated carbocycles. The maximum atomic E-state index is 13.0. The molecule has 2 rings (SSSR count). The summed E-state index contributed by atoms with van der Waals surface area (Å²) in [6.07, 6.45) is 14.5. The third-order valence-electron chi connectivity index (χ3n) is 9.49. The van der Waals surface area contributed by atoms with Gasteiger partial charge in [-0.15, -0.1) is 0 Å². The van der Waals surface area contributed by atoms with Crippen molar-refractivity contribution in [1.82, 2.24) is 0 Å². The molecular weight excluding hydrogens is 472 g/mol. The van der Waals surface area contributed by atoms with Gasteiger partial charge in [-0.2, -0.15) is 0 Å². The molecule has 212 valence electrons. The van der Waals surface area contributed by atoms with Gasteiger partial charge < -0.3 is 14.9 Å². The summed E-state index contributed by atoms with van der Waals surface area (Å²) in [5.74, 6) is -8.48. The van der Waals surface area contributed by atoms with Gasteiger partial charge in [0.1, 0.15) is 0 Å². The zero-order valence-electron chi connectivity index (χ0n) is 23.6. The van der Waals surface area contributed by atoms with Crippen LogP contribution in [0, 0.1) is 34.5 Å². The molecule has 7 nitrogen and oxygen atoms in total. The quantitative estimate of drug-likeness (QED) is 0.186. The Morgan fingerprint density at radius 3 is 1.11 bits per heavy atom. The lowest BCUT2D eigenvalue weighted by Crippen LogP contribution is -2.42. The molecule has 0 aromatic heterocycles. The van der Waals surface area contributed by atoms with E-state index in [4.69, 9.17) is 4.74 Å². The Labute approximate surface area is 223 Å². The zero-order chi connectivity index (χ0) is 27.6. The number of rotatable bonds is 14. The minimum absolute atomic E-state index is 0.197. The highest BCUT2D eigenvalue weighted by molar-refractivity contribution is 6.03. The fourth-order valence-corrected chi connectivity index (χ4v) is 7.76. The first-order valence-electron chi connectivity index (χ1n) is 14.8. The summed E-state index contributed by atoms with van der Waals surface area (Å²) in [5, 5.41) is 19.7. The summed E-state index contributed by atoms with van der Waals surface area (Å²) in [7, 11) is 0. The first-order valence-corrected chi connectivity index (χ1v) is 14.8. The van der Waals surface area contributed by atoms with Gasteiger partial charge in [-0.25, -0.2) is 0 Å². The standard InChI is InChI=1S/C30H50O7/c1-5-13-29(14-6-2)17-9-21(10-18-29)23(25(31)32)27(35)37-28(36)24(26(33)34)22-11-19-30(15-7-3,16-8-4)20-12-22/h21-24H,5-20H2,1-4H3,(H,31,32)(H,33,34). The molecule has 0 bridgehead atoms. The molecule has 2 N–H and O–H groups in total. The highest BCUT2D eigenvalue weighted by Crippen LogP contribution is 2.49. The number of esters is 2. The van der Waals surface area contributed by atoms with Crippen molar-refractivity contribution in [2.75, 3.05) is 0 Å². The van der Waals surface area contributed by atoms with Gasteiger partial charge in [0, 0.05) is 0 Å². The molecule has 0 radical (unpaired) electrons. The number of hydrogen-bond donors (Lipinski definition) is 2. The maximum Gasteiger partial charge on any atom is 0.328 e. The van der Waals surface area contributed by atoms with Gasteiger partial charge in [-0.1, -0.05) is 53.4 Å². The fourth-order valence-electron chi connectivity index (χ4n) is 7.76. The highest BCUT2D eigenvalue weighted by atomic mass is 16.6. The van der Waals surface area contributed by atoms with E-state index in [1.165, 1.54) is 0 Å². The average molecular weight is 523 g/mol. The van der Waals surface area contributed by atoms with Crippen LogP contribution in [0.3, 0.4) is 0 Å². The molecule has 0 aromatic rings. The van der Waals surface area contributed by atoms with Crippen molar-refractivity contribution < 1.29 is 34.1 Å². The molecule has 2 fully saturated rings. The van der Waals surface area contributed by atoms with Crippen LogP contribution in [0.2, 0.25) is 0 Å². The van der Waals surface area contributed by atoms with E-state index in [-0.39, 0.29) is 10.8 Å². The van der Waals surface area contributed by atoms with Crippen molar-refractivity contribution >= 4 is 23.9 Å². The number of carboxylic acids is 2. The zero-order valence-corrected chi connectivity index (χ0v) is 23.6. The van der Waals surface area contributed by atoms with E-state index in [2.05, 4.69) is 27.7 Å². The van der Waals surface area contributed by atoms with Crippen molar-refractivity contribution in [2.45, 2.75) is 130 Å². The molecule has 2 atom stereocenters. The minimum Gasteiger partial charge on any atom is -0.481 e. The number of carbonyl (C=O) groups excluding carboxylic acids is 2. The molecular formula is C30H50O7. The molecule has 0 amide bonds. The molecule has 0 spiro atoms. The smallest absolute Gasteiger partial charge is 0.328 e. The molecule has 0 aromatic carbocycles. The Morgan fingerprint density at radius 2 is 0.892 bits per heavy atom. The van der Waals surface area contributed by atoms with Gasteiger partial charge in [0.15, 0.2) is 11.8 Å². The van der Waals surface area contributed by atoms with E-state index < -0.39 is 47.5 Å². The molecule has 7 heteroatoms. The van der Waals surface area contributed by atoms with E-state index in [0.717, 1.165) is 77.0 Å². The summed E-state index contributed by atoms with van der Waals surface area (Å²) < 4.78 is 5.06. The topological polar surface area (TPSA) is 118 Å². The van der Waals surface area contributed by atoms with E-state index in [0.29, 0.717) is 25.7 Å². The van der Waals surface area contributed by atoms with Gasteiger partial charge >= 0.3 is 23.9 Å². The monoisotopic (exact) mass is 522 g/mol. The average Bonchev–Trinajstić information content (AvgIpc) is 2.82. The highest BCUT2D eigenvalue weighted by Gasteiger charge is 2.46. The first kappa shape index (κ1) is 31.3.